The summed E-state index contributed by atoms with van der Waals surface area (Å²) in [6.45, 7) is 2.83. The number of benzene rings is 2. The van der Waals surface area contributed by atoms with Gasteiger partial charge in [0.1, 0.15) is 0 Å². The molecule has 2 aromatic carbocycles. The summed E-state index contributed by atoms with van der Waals surface area (Å²) in [6, 6.07) is 11.0. The molecule has 0 saturated carbocycles. The summed E-state index contributed by atoms with van der Waals surface area (Å²) in [7, 11) is -3.74. The number of pyridine rings is 1. The van der Waals surface area contributed by atoms with Crippen LogP contribution in [0.4, 0.5) is 0 Å². The molecule has 2 aliphatic heterocycles. The van der Waals surface area contributed by atoms with Gasteiger partial charge in [0.15, 0.2) is 11.5 Å². The van der Waals surface area contributed by atoms with E-state index in [1.807, 2.05) is 13.0 Å². The molecule has 1 atom stereocenters. The van der Waals surface area contributed by atoms with Gasteiger partial charge in [0.25, 0.3) is 5.91 Å². The maximum Gasteiger partial charge on any atom is 0.252 e. The Balaban J connectivity index is 1.45. The Morgan fingerprint density at radius 2 is 1.94 bits per heavy atom. The number of hydrogen-bond acceptors (Lipinski definition) is 6. The summed E-state index contributed by atoms with van der Waals surface area (Å²) in [6.07, 6.45) is 3.42. The predicted molar refractivity (Wildman–Crippen MR) is 130 cm³/mol. The minimum atomic E-state index is -3.74. The molecule has 1 fully saturated rings. The van der Waals surface area contributed by atoms with Crippen molar-refractivity contribution < 1.29 is 22.7 Å². The first-order valence-corrected chi connectivity index (χ1v) is 13.2. The number of carbonyl (C=O) groups excluding carboxylic acids is 1. The highest BCUT2D eigenvalue weighted by molar-refractivity contribution is 7.89. The first-order chi connectivity index (χ1) is 16.9. The number of ether oxygens (including phenoxy) is 2. The van der Waals surface area contributed by atoms with E-state index >= 15 is 0 Å². The van der Waals surface area contributed by atoms with Gasteiger partial charge in [-0.05, 0) is 55.2 Å². The molecule has 2 N–H and O–H groups in total. The molecule has 1 saturated heterocycles. The number of amides is 1. The van der Waals surface area contributed by atoms with E-state index in [1.165, 1.54) is 18.2 Å². The molecule has 184 valence electrons. The molecule has 0 radical (unpaired) electrons. The van der Waals surface area contributed by atoms with E-state index in [0.717, 1.165) is 31.2 Å². The third-order valence-corrected chi connectivity index (χ3v) is 8.55. The first kappa shape index (κ1) is 23.4. The van der Waals surface area contributed by atoms with E-state index in [2.05, 4.69) is 10.3 Å². The number of aromatic amines is 1. The summed E-state index contributed by atoms with van der Waals surface area (Å²) in [5.74, 6) is 0.780. The number of piperidine rings is 1. The molecular formula is C25H27N3O6S. The van der Waals surface area contributed by atoms with Crippen molar-refractivity contribution in [3.8, 4) is 11.5 Å². The summed E-state index contributed by atoms with van der Waals surface area (Å²) in [5.41, 5.74) is 0.877. The van der Waals surface area contributed by atoms with E-state index in [0.29, 0.717) is 28.9 Å². The van der Waals surface area contributed by atoms with Crippen molar-refractivity contribution in [1.29, 1.82) is 0 Å². The first-order valence-electron chi connectivity index (χ1n) is 11.7. The van der Waals surface area contributed by atoms with Gasteiger partial charge in [0, 0.05) is 36.1 Å². The van der Waals surface area contributed by atoms with Crippen LogP contribution in [-0.2, 0) is 16.6 Å². The van der Waals surface area contributed by atoms with Crippen LogP contribution in [0.3, 0.4) is 0 Å². The second-order valence-corrected chi connectivity index (χ2v) is 10.7. The fourth-order valence-electron chi connectivity index (χ4n) is 4.74. The minimum absolute atomic E-state index is 0.0375. The minimum Gasteiger partial charge on any atom is -0.454 e. The van der Waals surface area contributed by atoms with Gasteiger partial charge in [-0.1, -0.05) is 19.4 Å². The smallest absolute Gasteiger partial charge is 0.252 e. The Labute approximate surface area is 203 Å². The van der Waals surface area contributed by atoms with Crippen molar-refractivity contribution in [3.05, 3.63) is 63.9 Å². The van der Waals surface area contributed by atoms with Crippen molar-refractivity contribution >= 4 is 26.8 Å². The number of fused-ring (bicyclic) bond motifs is 2. The van der Waals surface area contributed by atoms with Crippen molar-refractivity contribution in [2.24, 2.45) is 0 Å². The number of rotatable bonds is 6. The van der Waals surface area contributed by atoms with E-state index < -0.39 is 21.5 Å². The van der Waals surface area contributed by atoms with Crippen molar-refractivity contribution in [1.82, 2.24) is 14.6 Å². The molecule has 1 amide bonds. The van der Waals surface area contributed by atoms with Gasteiger partial charge >= 0.3 is 0 Å². The lowest BCUT2D eigenvalue weighted by Gasteiger charge is -2.34. The van der Waals surface area contributed by atoms with E-state index in [4.69, 9.17) is 9.47 Å². The highest BCUT2D eigenvalue weighted by Crippen LogP contribution is 2.32. The Morgan fingerprint density at radius 3 is 2.77 bits per heavy atom. The van der Waals surface area contributed by atoms with Gasteiger partial charge in [0.2, 0.25) is 22.4 Å². The third kappa shape index (κ3) is 4.51. The number of aromatic nitrogens is 1. The maximum absolute atomic E-state index is 13.5. The van der Waals surface area contributed by atoms with Gasteiger partial charge < -0.3 is 19.8 Å². The van der Waals surface area contributed by atoms with Crippen LogP contribution in [0.2, 0.25) is 0 Å². The topological polar surface area (TPSA) is 118 Å². The Kier molecular flexibility index (Phi) is 6.24. The number of sulfonamides is 1. The quantitative estimate of drug-likeness (QED) is 0.540. The molecule has 0 spiro atoms. The Hall–Kier alpha value is -3.37. The predicted octanol–water partition coefficient (Wildman–Crippen LogP) is 3.14. The van der Waals surface area contributed by atoms with Crippen molar-refractivity contribution in [2.45, 2.75) is 50.1 Å². The van der Waals surface area contributed by atoms with Gasteiger partial charge in [-0.3, -0.25) is 9.59 Å². The maximum atomic E-state index is 13.5. The molecule has 10 heteroatoms. The van der Waals surface area contributed by atoms with Crippen LogP contribution in [0, 0.1) is 0 Å². The van der Waals surface area contributed by atoms with E-state index in [-0.39, 0.29) is 29.8 Å². The summed E-state index contributed by atoms with van der Waals surface area (Å²) in [5, 5.41) is 3.19. The third-order valence-electron chi connectivity index (χ3n) is 6.60. The molecule has 1 aromatic heterocycles. The molecule has 0 bridgehead atoms. The summed E-state index contributed by atoms with van der Waals surface area (Å²) < 4.78 is 39.2. The van der Waals surface area contributed by atoms with Crippen LogP contribution < -0.4 is 20.3 Å². The Morgan fingerprint density at radius 1 is 1.11 bits per heavy atom. The van der Waals surface area contributed by atoms with Crippen LogP contribution in [0.15, 0.2) is 52.2 Å². The zero-order valence-corrected chi connectivity index (χ0v) is 20.2. The molecule has 3 heterocycles. The molecule has 1 unspecified atom stereocenters. The number of nitrogens with zero attached hydrogens (tertiary/aromatic N) is 1. The van der Waals surface area contributed by atoms with Crippen molar-refractivity contribution in [3.63, 3.8) is 0 Å². The molecular weight excluding hydrogens is 470 g/mol. The molecule has 9 nitrogen and oxygen atoms in total. The van der Waals surface area contributed by atoms with Gasteiger partial charge in [-0.25, -0.2) is 8.42 Å². The highest BCUT2D eigenvalue weighted by Gasteiger charge is 2.32. The summed E-state index contributed by atoms with van der Waals surface area (Å²) in [4.78, 5) is 28.1. The number of H-pyrrole nitrogens is 1. The van der Waals surface area contributed by atoms with Crippen LogP contribution in [0.5, 0.6) is 11.5 Å². The lowest BCUT2D eigenvalue weighted by molar-refractivity contribution is 0.0952. The fraction of sp³-hybridized carbons (Fsp3) is 0.360. The monoisotopic (exact) mass is 497 g/mol. The van der Waals surface area contributed by atoms with Crippen LogP contribution in [-0.4, -0.2) is 43.0 Å². The summed E-state index contributed by atoms with van der Waals surface area (Å²) >= 11 is 0. The number of nitrogens with one attached hydrogen (secondary N) is 2. The second-order valence-electron chi connectivity index (χ2n) is 8.80. The Bertz CT molecular complexity index is 1450. The van der Waals surface area contributed by atoms with Crippen LogP contribution in [0.25, 0.3) is 10.9 Å². The SMILES string of the molecule is CCC1CCCCN1S(=O)(=O)c1ccc2[nH]c(=O)cc(C(=O)NCc3ccc4c(c3)OCO4)c2c1. The van der Waals surface area contributed by atoms with Crippen LogP contribution in [0.1, 0.15) is 48.5 Å². The average molecular weight is 498 g/mol. The average Bonchev–Trinajstić information content (AvgIpc) is 3.34. The van der Waals surface area contributed by atoms with Crippen molar-refractivity contribution in [2.75, 3.05) is 13.3 Å². The van der Waals surface area contributed by atoms with E-state index in [9.17, 15) is 18.0 Å². The molecule has 3 aromatic rings. The lowest BCUT2D eigenvalue weighted by atomic mass is 10.0. The van der Waals surface area contributed by atoms with Gasteiger partial charge in [-0.2, -0.15) is 4.31 Å². The normalized spacial score (nSPS) is 18.0. The number of carbonyl (C=O) groups is 1. The molecule has 35 heavy (non-hydrogen) atoms. The fourth-order valence-corrected chi connectivity index (χ4v) is 6.54. The molecule has 5 rings (SSSR count). The highest BCUT2D eigenvalue weighted by atomic mass is 32.2. The lowest BCUT2D eigenvalue weighted by Crippen LogP contribution is -2.43. The van der Waals surface area contributed by atoms with E-state index in [1.54, 1.807) is 22.5 Å². The zero-order valence-electron chi connectivity index (χ0n) is 19.4. The largest absolute Gasteiger partial charge is 0.454 e. The molecule has 2 aliphatic rings. The second kappa shape index (κ2) is 9.35. The standard InChI is InChI=1S/C25H27N3O6S/c1-2-17-5-3-4-10-28(17)35(31,32)18-7-8-21-19(12-18)20(13-24(29)27-21)25(30)26-14-16-6-9-22-23(11-16)34-15-33-22/h6-9,11-13,17H,2-5,10,14-15H2,1H3,(H,26,30)(H,27,29). The number of hydrogen-bond donors (Lipinski definition) is 2. The molecule has 0 aliphatic carbocycles. The zero-order chi connectivity index (χ0) is 24.6. The van der Waals surface area contributed by atoms with Crippen LogP contribution >= 0.6 is 0 Å². The van der Waals surface area contributed by atoms with Gasteiger partial charge in [0.05, 0.1) is 10.5 Å². The van der Waals surface area contributed by atoms with Gasteiger partial charge in [-0.15, -0.1) is 0 Å².